The summed E-state index contributed by atoms with van der Waals surface area (Å²) in [6.45, 7) is 5.49. The number of unbranched alkanes of at least 4 members (excludes halogenated alkanes) is 35. The second kappa shape index (κ2) is 44.1. The monoisotopic (exact) mass is 860 g/mol. The molecular formula is C50H102NO7P. The molecule has 0 saturated carbocycles. The highest BCUT2D eigenvalue weighted by molar-refractivity contribution is 7.45. The minimum absolute atomic E-state index is 0.0317. The fourth-order valence-corrected chi connectivity index (χ4v) is 8.40. The minimum Gasteiger partial charge on any atom is -0.756 e. The van der Waals surface area contributed by atoms with Crippen molar-refractivity contribution >= 4 is 13.8 Å². The van der Waals surface area contributed by atoms with E-state index in [4.69, 9.17) is 18.5 Å². The molecule has 0 aliphatic rings. The SMILES string of the molecule is CCCCCCCCCCCCCCCCCCCCCCCCC(=O)OC(COCCCCCCCCCCCCCCCCC)COP(=O)([O-])OCC[N+](C)(C)C. The smallest absolute Gasteiger partial charge is 0.306 e. The van der Waals surface area contributed by atoms with Gasteiger partial charge in [0.25, 0.3) is 7.82 Å². The lowest BCUT2D eigenvalue weighted by Crippen LogP contribution is -2.37. The summed E-state index contributed by atoms with van der Waals surface area (Å²) < 4.78 is 34.7. The molecule has 0 aromatic rings. The van der Waals surface area contributed by atoms with E-state index < -0.39 is 13.9 Å². The summed E-state index contributed by atoms with van der Waals surface area (Å²) in [4.78, 5) is 25.2. The Labute approximate surface area is 368 Å². The van der Waals surface area contributed by atoms with Gasteiger partial charge in [0, 0.05) is 13.0 Å². The van der Waals surface area contributed by atoms with Gasteiger partial charge in [0.1, 0.15) is 19.3 Å². The Kier molecular flexibility index (Phi) is 43.7. The molecule has 0 heterocycles. The average molecular weight is 860 g/mol. The van der Waals surface area contributed by atoms with Crippen LogP contribution in [-0.2, 0) is 27.9 Å². The van der Waals surface area contributed by atoms with Crippen LogP contribution in [0.5, 0.6) is 0 Å². The molecule has 0 bridgehead atoms. The van der Waals surface area contributed by atoms with E-state index in [1.54, 1.807) is 0 Å². The second-order valence-electron chi connectivity index (χ2n) is 18.9. The molecule has 0 saturated heterocycles. The number of hydrogen-bond acceptors (Lipinski definition) is 7. The highest BCUT2D eigenvalue weighted by atomic mass is 31.2. The van der Waals surface area contributed by atoms with Crippen LogP contribution >= 0.6 is 7.82 Å². The molecule has 8 nitrogen and oxygen atoms in total. The number of rotatable bonds is 49. The van der Waals surface area contributed by atoms with Crippen molar-refractivity contribution in [2.75, 3.05) is 54.1 Å². The molecule has 0 radical (unpaired) electrons. The second-order valence-corrected chi connectivity index (χ2v) is 20.3. The number of carbonyl (C=O) groups excluding carboxylic acids is 1. The average Bonchev–Trinajstić information content (AvgIpc) is 3.19. The number of phosphoric ester groups is 1. The van der Waals surface area contributed by atoms with Crippen molar-refractivity contribution in [1.29, 1.82) is 0 Å². The van der Waals surface area contributed by atoms with E-state index >= 15 is 0 Å². The van der Waals surface area contributed by atoms with Gasteiger partial charge in [-0.05, 0) is 12.8 Å². The van der Waals surface area contributed by atoms with Crippen LogP contribution < -0.4 is 4.89 Å². The van der Waals surface area contributed by atoms with Gasteiger partial charge in [0.05, 0.1) is 34.4 Å². The number of phosphoric acid groups is 1. The summed E-state index contributed by atoms with van der Waals surface area (Å²) in [5.41, 5.74) is 0. The highest BCUT2D eigenvalue weighted by Crippen LogP contribution is 2.38. The lowest BCUT2D eigenvalue weighted by atomic mass is 10.0. The zero-order chi connectivity index (χ0) is 43.4. The molecule has 2 unspecified atom stereocenters. The zero-order valence-electron chi connectivity index (χ0n) is 40.2. The van der Waals surface area contributed by atoms with Gasteiger partial charge in [0.2, 0.25) is 0 Å². The molecule has 0 aromatic heterocycles. The summed E-state index contributed by atoms with van der Waals surface area (Å²) in [6.07, 6.45) is 48.4. The van der Waals surface area contributed by atoms with E-state index in [1.807, 2.05) is 21.1 Å². The summed E-state index contributed by atoms with van der Waals surface area (Å²) in [5, 5.41) is 0. The van der Waals surface area contributed by atoms with E-state index in [1.165, 1.54) is 205 Å². The summed E-state index contributed by atoms with van der Waals surface area (Å²) in [7, 11) is 1.38. The van der Waals surface area contributed by atoms with Crippen molar-refractivity contribution < 1.29 is 37.3 Å². The van der Waals surface area contributed by atoms with E-state index in [9.17, 15) is 14.3 Å². The van der Waals surface area contributed by atoms with Gasteiger partial charge in [-0.2, -0.15) is 0 Å². The predicted octanol–water partition coefficient (Wildman–Crippen LogP) is 15.0. The lowest BCUT2D eigenvalue weighted by molar-refractivity contribution is -0.870. The van der Waals surface area contributed by atoms with Gasteiger partial charge in [-0.25, -0.2) is 0 Å². The van der Waals surface area contributed by atoms with Crippen LogP contribution in [0.15, 0.2) is 0 Å². The molecule has 354 valence electrons. The van der Waals surface area contributed by atoms with Crippen molar-refractivity contribution in [2.24, 2.45) is 0 Å². The minimum atomic E-state index is -4.52. The molecule has 2 atom stereocenters. The molecule has 0 fully saturated rings. The van der Waals surface area contributed by atoms with Gasteiger partial charge in [-0.1, -0.05) is 239 Å². The van der Waals surface area contributed by atoms with E-state index in [-0.39, 0.29) is 25.8 Å². The first-order valence-corrected chi connectivity index (χ1v) is 27.2. The summed E-state index contributed by atoms with van der Waals surface area (Å²) in [5.74, 6) is -0.325. The number of likely N-dealkylation sites (N-methyl/N-ethyl adjacent to an activating group) is 1. The first-order chi connectivity index (χ1) is 28.6. The van der Waals surface area contributed by atoms with Crippen LogP contribution in [0.3, 0.4) is 0 Å². The van der Waals surface area contributed by atoms with Crippen molar-refractivity contribution in [3.05, 3.63) is 0 Å². The fourth-order valence-electron chi connectivity index (χ4n) is 7.67. The fraction of sp³-hybridized carbons (Fsp3) is 0.980. The van der Waals surface area contributed by atoms with Crippen LogP contribution in [0.25, 0.3) is 0 Å². The van der Waals surface area contributed by atoms with Gasteiger partial charge in [0.15, 0.2) is 0 Å². The first kappa shape index (κ1) is 58.5. The molecule has 0 aromatic carbocycles. The van der Waals surface area contributed by atoms with Gasteiger partial charge in [-0.15, -0.1) is 0 Å². The van der Waals surface area contributed by atoms with Crippen molar-refractivity contribution in [1.82, 2.24) is 0 Å². The van der Waals surface area contributed by atoms with Crippen LogP contribution in [0.2, 0.25) is 0 Å². The van der Waals surface area contributed by atoms with E-state index in [0.717, 1.165) is 32.1 Å². The topological polar surface area (TPSA) is 94.1 Å². The van der Waals surface area contributed by atoms with E-state index in [0.29, 0.717) is 24.1 Å². The number of ether oxygens (including phenoxy) is 2. The normalized spacial score (nSPS) is 13.5. The third-order valence-electron chi connectivity index (χ3n) is 11.7. The van der Waals surface area contributed by atoms with Crippen LogP contribution in [0.4, 0.5) is 0 Å². The molecule has 0 amide bonds. The Bertz CT molecular complexity index is 914. The first-order valence-electron chi connectivity index (χ1n) is 25.8. The number of carbonyl (C=O) groups is 1. The molecular weight excluding hydrogens is 758 g/mol. The maximum atomic E-state index is 12.7. The largest absolute Gasteiger partial charge is 0.756 e. The number of quaternary nitrogens is 1. The highest BCUT2D eigenvalue weighted by Gasteiger charge is 2.20. The molecule has 0 aliphatic carbocycles. The van der Waals surface area contributed by atoms with Gasteiger partial charge < -0.3 is 27.9 Å². The lowest BCUT2D eigenvalue weighted by Gasteiger charge is -2.28. The maximum absolute atomic E-state index is 12.7. The Morgan fingerprint density at radius 2 is 0.780 bits per heavy atom. The Hall–Kier alpha value is -0.500. The van der Waals surface area contributed by atoms with Crippen molar-refractivity contribution in [3.8, 4) is 0 Å². The van der Waals surface area contributed by atoms with E-state index in [2.05, 4.69) is 13.8 Å². The van der Waals surface area contributed by atoms with Crippen LogP contribution in [-0.4, -0.2) is 70.7 Å². The van der Waals surface area contributed by atoms with Crippen molar-refractivity contribution in [3.63, 3.8) is 0 Å². The Morgan fingerprint density at radius 3 is 1.12 bits per heavy atom. The van der Waals surface area contributed by atoms with Crippen molar-refractivity contribution in [2.45, 2.75) is 264 Å². The third kappa shape index (κ3) is 48.4. The number of nitrogens with zero attached hydrogens (tertiary/aromatic N) is 1. The molecule has 0 rings (SSSR count). The summed E-state index contributed by atoms with van der Waals surface area (Å²) in [6, 6.07) is 0. The summed E-state index contributed by atoms with van der Waals surface area (Å²) >= 11 is 0. The van der Waals surface area contributed by atoms with Gasteiger partial charge >= 0.3 is 5.97 Å². The molecule has 9 heteroatoms. The molecule has 0 N–H and O–H groups in total. The predicted molar refractivity (Wildman–Crippen MR) is 250 cm³/mol. The molecule has 0 spiro atoms. The van der Waals surface area contributed by atoms with Crippen LogP contribution in [0, 0.1) is 0 Å². The maximum Gasteiger partial charge on any atom is 0.306 e. The molecule has 59 heavy (non-hydrogen) atoms. The Morgan fingerprint density at radius 1 is 0.458 bits per heavy atom. The number of esters is 1. The quantitative estimate of drug-likeness (QED) is 0.0260. The zero-order valence-corrected chi connectivity index (χ0v) is 41.1. The third-order valence-corrected chi connectivity index (χ3v) is 12.6. The van der Waals surface area contributed by atoms with Gasteiger partial charge in [-0.3, -0.25) is 9.36 Å². The standard InChI is InChI=1S/C50H102NO7P/c1-6-8-10-12-14-16-18-20-22-23-24-25-26-27-28-29-31-33-35-37-39-41-43-50(52)58-49(48-57-59(53,54)56-46-44-51(3,4)5)47-55-45-42-40-38-36-34-32-30-21-19-17-15-13-11-9-7-2/h49H,6-48H2,1-5H3. The van der Waals surface area contributed by atoms with Crippen LogP contribution in [0.1, 0.15) is 258 Å². The molecule has 0 aliphatic heterocycles. The number of hydrogen-bond donors (Lipinski definition) is 0. The Balaban J connectivity index is 4.06.